The zero-order valence-electron chi connectivity index (χ0n) is 10.8. The molecular weight excluding hydrogens is 292 g/mol. The second-order valence-electron chi connectivity index (χ2n) is 5.17. The van der Waals surface area contributed by atoms with Crippen LogP contribution in [0.3, 0.4) is 0 Å². The molecule has 1 heterocycles. The molecule has 0 amide bonds. The lowest BCUT2D eigenvalue weighted by molar-refractivity contribution is 0.0695. The molecule has 0 bridgehead atoms. The van der Waals surface area contributed by atoms with Gasteiger partial charge in [-0.05, 0) is 66.3 Å². The van der Waals surface area contributed by atoms with Gasteiger partial charge in [0.05, 0.1) is 6.10 Å². The number of hydrogen-bond donors (Lipinski definition) is 2. The lowest BCUT2D eigenvalue weighted by Crippen LogP contribution is -2.36. The van der Waals surface area contributed by atoms with E-state index in [-0.39, 0.29) is 6.10 Å². The van der Waals surface area contributed by atoms with E-state index in [9.17, 15) is 5.11 Å². The Balaban J connectivity index is 1.94. The number of piperidine rings is 1. The van der Waals surface area contributed by atoms with Crippen molar-refractivity contribution in [3.63, 3.8) is 0 Å². The predicted molar refractivity (Wildman–Crippen MR) is 78.2 cm³/mol. The van der Waals surface area contributed by atoms with Crippen LogP contribution in [0.25, 0.3) is 0 Å². The molecule has 0 radical (unpaired) electrons. The molecule has 1 atom stereocenters. The van der Waals surface area contributed by atoms with Crippen LogP contribution in [-0.2, 0) is 6.54 Å². The van der Waals surface area contributed by atoms with Crippen LogP contribution < -0.4 is 5.73 Å². The maximum atomic E-state index is 9.59. The highest BCUT2D eigenvalue weighted by Gasteiger charge is 2.22. The summed E-state index contributed by atoms with van der Waals surface area (Å²) >= 11 is 3.55. The van der Waals surface area contributed by atoms with Gasteiger partial charge in [0, 0.05) is 16.7 Å². The molecule has 100 valence electrons. The molecule has 1 aromatic rings. The van der Waals surface area contributed by atoms with Crippen LogP contribution in [0.2, 0.25) is 0 Å². The summed E-state index contributed by atoms with van der Waals surface area (Å²) in [5.74, 6) is 0.463. The van der Waals surface area contributed by atoms with Crippen molar-refractivity contribution in [2.24, 2.45) is 5.92 Å². The number of halogens is 1. The minimum Gasteiger partial charge on any atom is -0.398 e. The molecule has 1 unspecified atom stereocenters. The van der Waals surface area contributed by atoms with Crippen LogP contribution in [0, 0.1) is 5.92 Å². The van der Waals surface area contributed by atoms with E-state index < -0.39 is 0 Å². The topological polar surface area (TPSA) is 49.5 Å². The molecule has 0 spiro atoms. The lowest BCUT2D eigenvalue weighted by Gasteiger charge is -2.33. The molecule has 1 aromatic carbocycles. The van der Waals surface area contributed by atoms with Gasteiger partial charge in [-0.1, -0.05) is 12.1 Å². The van der Waals surface area contributed by atoms with Crippen molar-refractivity contribution in [2.75, 3.05) is 18.8 Å². The lowest BCUT2D eigenvalue weighted by atomic mass is 9.92. The molecule has 1 aliphatic rings. The highest BCUT2D eigenvalue weighted by Crippen LogP contribution is 2.27. The molecule has 0 aliphatic carbocycles. The van der Waals surface area contributed by atoms with Crippen LogP contribution in [0.1, 0.15) is 25.3 Å². The Morgan fingerprint density at radius 3 is 2.72 bits per heavy atom. The molecule has 18 heavy (non-hydrogen) atoms. The van der Waals surface area contributed by atoms with Crippen molar-refractivity contribution in [3.8, 4) is 0 Å². The summed E-state index contributed by atoms with van der Waals surface area (Å²) in [4.78, 5) is 2.43. The van der Waals surface area contributed by atoms with Crippen molar-refractivity contribution in [2.45, 2.75) is 32.4 Å². The average Bonchev–Trinajstić information content (AvgIpc) is 2.36. The van der Waals surface area contributed by atoms with E-state index in [0.717, 1.165) is 42.6 Å². The molecule has 2 rings (SSSR count). The fourth-order valence-corrected chi connectivity index (χ4v) is 2.95. The normalized spacial score (nSPS) is 19.9. The van der Waals surface area contributed by atoms with Gasteiger partial charge in [-0.15, -0.1) is 0 Å². The summed E-state index contributed by atoms with van der Waals surface area (Å²) in [5, 5.41) is 9.59. The fourth-order valence-electron chi connectivity index (χ4n) is 2.56. The highest BCUT2D eigenvalue weighted by atomic mass is 79.9. The summed E-state index contributed by atoms with van der Waals surface area (Å²) in [7, 11) is 0. The van der Waals surface area contributed by atoms with Gasteiger partial charge in [0.25, 0.3) is 0 Å². The van der Waals surface area contributed by atoms with Gasteiger partial charge >= 0.3 is 0 Å². The summed E-state index contributed by atoms with van der Waals surface area (Å²) in [6.07, 6.45) is 1.99. The van der Waals surface area contributed by atoms with Crippen molar-refractivity contribution < 1.29 is 5.11 Å². The number of nitrogens with two attached hydrogens (primary N) is 1. The summed E-state index contributed by atoms with van der Waals surface area (Å²) in [5.41, 5.74) is 7.93. The predicted octanol–water partition coefficient (Wildman–Crippen LogP) is 2.62. The number of aliphatic hydroxyl groups is 1. The SMILES string of the molecule is CC(O)C1CCN(Cc2cccc(N)c2Br)CC1. The van der Waals surface area contributed by atoms with Gasteiger partial charge in [-0.3, -0.25) is 4.90 Å². The standard InChI is InChI=1S/C14H21BrN2O/c1-10(18)11-5-7-17(8-6-11)9-12-3-2-4-13(16)14(12)15/h2-4,10-11,18H,5-9,16H2,1H3. The number of hydrogen-bond acceptors (Lipinski definition) is 3. The Morgan fingerprint density at radius 1 is 1.44 bits per heavy atom. The van der Waals surface area contributed by atoms with Crippen LogP contribution in [0.15, 0.2) is 22.7 Å². The number of benzene rings is 1. The van der Waals surface area contributed by atoms with E-state index in [1.165, 1.54) is 5.56 Å². The van der Waals surface area contributed by atoms with E-state index in [1.54, 1.807) is 0 Å². The molecule has 1 fully saturated rings. The Hall–Kier alpha value is -0.580. The van der Waals surface area contributed by atoms with E-state index in [4.69, 9.17) is 5.73 Å². The Morgan fingerprint density at radius 2 is 2.11 bits per heavy atom. The Kier molecular flexibility index (Phi) is 4.65. The van der Waals surface area contributed by atoms with E-state index >= 15 is 0 Å². The highest BCUT2D eigenvalue weighted by molar-refractivity contribution is 9.10. The van der Waals surface area contributed by atoms with Crippen LogP contribution in [0.4, 0.5) is 5.69 Å². The maximum absolute atomic E-state index is 9.59. The fraction of sp³-hybridized carbons (Fsp3) is 0.571. The largest absolute Gasteiger partial charge is 0.398 e. The molecule has 0 aromatic heterocycles. The van der Waals surface area contributed by atoms with Gasteiger partial charge in [0.1, 0.15) is 0 Å². The van der Waals surface area contributed by atoms with E-state index in [2.05, 4.69) is 26.9 Å². The third kappa shape index (κ3) is 3.25. The first-order chi connectivity index (χ1) is 8.58. The number of likely N-dealkylation sites (tertiary alicyclic amines) is 1. The molecule has 4 heteroatoms. The number of rotatable bonds is 3. The van der Waals surface area contributed by atoms with Gasteiger partial charge in [-0.25, -0.2) is 0 Å². The maximum Gasteiger partial charge on any atom is 0.0541 e. The number of nitrogens with zero attached hydrogens (tertiary/aromatic N) is 1. The van der Waals surface area contributed by atoms with Crippen LogP contribution in [0.5, 0.6) is 0 Å². The quantitative estimate of drug-likeness (QED) is 0.844. The zero-order valence-corrected chi connectivity index (χ0v) is 12.4. The number of nitrogen functional groups attached to an aromatic ring is 1. The third-order valence-corrected chi connectivity index (χ3v) is 4.78. The summed E-state index contributed by atoms with van der Waals surface area (Å²) in [6, 6.07) is 6.02. The van der Waals surface area contributed by atoms with Gasteiger partial charge in [0.15, 0.2) is 0 Å². The van der Waals surface area contributed by atoms with Crippen molar-refractivity contribution >= 4 is 21.6 Å². The first kappa shape index (κ1) is 13.8. The molecular formula is C14H21BrN2O. The zero-order chi connectivity index (χ0) is 13.1. The third-order valence-electron chi connectivity index (χ3n) is 3.82. The Labute approximate surface area is 117 Å². The van der Waals surface area contributed by atoms with Crippen molar-refractivity contribution in [1.29, 1.82) is 0 Å². The first-order valence-electron chi connectivity index (χ1n) is 6.51. The van der Waals surface area contributed by atoms with Crippen molar-refractivity contribution in [3.05, 3.63) is 28.2 Å². The van der Waals surface area contributed by atoms with Gasteiger partial charge in [-0.2, -0.15) is 0 Å². The van der Waals surface area contributed by atoms with Gasteiger partial charge < -0.3 is 10.8 Å². The smallest absolute Gasteiger partial charge is 0.0541 e. The summed E-state index contributed by atoms with van der Waals surface area (Å²) < 4.78 is 1.02. The number of anilines is 1. The summed E-state index contributed by atoms with van der Waals surface area (Å²) in [6.45, 7) is 4.93. The molecule has 0 saturated carbocycles. The molecule has 1 saturated heterocycles. The minimum atomic E-state index is -0.175. The monoisotopic (exact) mass is 312 g/mol. The number of aliphatic hydroxyl groups excluding tert-OH is 1. The van der Waals surface area contributed by atoms with Crippen LogP contribution in [-0.4, -0.2) is 29.2 Å². The van der Waals surface area contributed by atoms with Crippen LogP contribution >= 0.6 is 15.9 Å². The van der Waals surface area contributed by atoms with E-state index in [0.29, 0.717) is 5.92 Å². The van der Waals surface area contributed by atoms with E-state index in [1.807, 2.05) is 19.1 Å². The average molecular weight is 313 g/mol. The first-order valence-corrected chi connectivity index (χ1v) is 7.30. The second kappa shape index (κ2) is 6.04. The van der Waals surface area contributed by atoms with Gasteiger partial charge in [0.2, 0.25) is 0 Å². The molecule has 1 aliphatic heterocycles. The Bertz CT molecular complexity index is 401. The molecule has 3 nitrogen and oxygen atoms in total. The van der Waals surface area contributed by atoms with Crippen molar-refractivity contribution in [1.82, 2.24) is 4.90 Å². The second-order valence-corrected chi connectivity index (χ2v) is 5.97. The minimum absolute atomic E-state index is 0.175. The molecule has 3 N–H and O–H groups in total.